The lowest BCUT2D eigenvalue weighted by molar-refractivity contribution is 0.122. The van der Waals surface area contributed by atoms with Crippen molar-refractivity contribution in [2.75, 3.05) is 62.1 Å². The first-order valence-corrected chi connectivity index (χ1v) is 14.5. The average molecular weight is 494 g/mol. The largest absolute Gasteiger partial charge is 0.378 e. The van der Waals surface area contributed by atoms with Crippen molar-refractivity contribution in [2.24, 2.45) is 0 Å². The van der Waals surface area contributed by atoms with Gasteiger partial charge in [0.25, 0.3) is 0 Å². The molecule has 2 N–H and O–H groups in total. The third-order valence-corrected chi connectivity index (χ3v) is 7.98. The summed E-state index contributed by atoms with van der Waals surface area (Å²) in [6, 6.07) is 9.21. The second kappa shape index (κ2) is 10.8. The summed E-state index contributed by atoms with van der Waals surface area (Å²) in [6.45, 7) is 4.01. The molecule has 178 valence electrons. The van der Waals surface area contributed by atoms with Gasteiger partial charge in [0.15, 0.2) is 11.6 Å². The van der Waals surface area contributed by atoms with E-state index in [-0.39, 0.29) is 11.3 Å². The molecule has 9 nitrogen and oxygen atoms in total. The van der Waals surface area contributed by atoms with E-state index in [1.54, 1.807) is 17.4 Å². The quantitative estimate of drug-likeness (QED) is 0.469. The molecule has 2 saturated heterocycles. The SMILES string of the molecule is C[S+](O)Cc1cc(N2CCOCC2)nc(-c2ccc(NC(=O)N3CCC([SH+](C)=O)C3)cc2)n1. The van der Waals surface area contributed by atoms with Crippen LogP contribution in [0.3, 0.4) is 0 Å². The van der Waals surface area contributed by atoms with Crippen LogP contribution in [0.15, 0.2) is 30.3 Å². The van der Waals surface area contributed by atoms with Gasteiger partial charge in [-0.2, -0.15) is 4.55 Å². The third-order valence-electron chi connectivity index (χ3n) is 5.82. The molecule has 0 aliphatic carbocycles. The van der Waals surface area contributed by atoms with E-state index in [1.807, 2.05) is 30.3 Å². The molecule has 0 spiro atoms. The van der Waals surface area contributed by atoms with Crippen molar-refractivity contribution in [3.05, 3.63) is 36.0 Å². The molecule has 2 fully saturated rings. The number of amides is 2. The molecular formula is C22H31N5O4S2+2. The highest BCUT2D eigenvalue weighted by molar-refractivity contribution is 7.90. The van der Waals surface area contributed by atoms with Crippen molar-refractivity contribution in [1.82, 2.24) is 14.9 Å². The van der Waals surface area contributed by atoms with Gasteiger partial charge in [0.05, 0.1) is 42.5 Å². The molecule has 1 aromatic heterocycles. The maximum Gasteiger partial charge on any atom is 0.322 e. The molecule has 1 aromatic carbocycles. The molecule has 3 heterocycles. The molecule has 0 radical (unpaired) electrons. The van der Waals surface area contributed by atoms with E-state index in [4.69, 9.17) is 9.72 Å². The Labute approximate surface area is 199 Å². The fourth-order valence-corrected chi connectivity index (χ4v) is 5.46. The van der Waals surface area contributed by atoms with Gasteiger partial charge in [0.1, 0.15) is 28.5 Å². The minimum Gasteiger partial charge on any atom is -0.378 e. The first-order valence-electron chi connectivity index (χ1n) is 11.0. The van der Waals surface area contributed by atoms with Crippen LogP contribution in [0.5, 0.6) is 0 Å². The monoisotopic (exact) mass is 493 g/mol. The van der Waals surface area contributed by atoms with E-state index >= 15 is 0 Å². The average Bonchev–Trinajstić information content (AvgIpc) is 3.31. The predicted octanol–water partition coefficient (Wildman–Crippen LogP) is 2.13. The van der Waals surface area contributed by atoms with Gasteiger partial charge >= 0.3 is 6.03 Å². The summed E-state index contributed by atoms with van der Waals surface area (Å²) in [6.07, 6.45) is 4.28. The van der Waals surface area contributed by atoms with E-state index < -0.39 is 22.0 Å². The molecule has 4 rings (SSSR count). The summed E-state index contributed by atoms with van der Waals surface area (Å²) in [5.74, 6) is 1.90. The lowest BCUT2D eigenvalue weighted by Crippen LogP contribution is -2.37. The topological polar surface area (TPSA) is 108 Å². The van der Waals surface area contributed by atoms with Crippen molar-refractivity contribution < 1.29 is 18.3 Å². The number of hydrogen-bond acceptors (Lipinski definition) is 7. The van der Waals surface area contributed by atoms with Crippen LogP contribution in [-0.4, -0.2) is 82.6 Å². The zero-order valence-electron chi connectivity index (χ0n) is 18.9. The molecule has 2 amide bonds. The van der Waals surface area contributed by atoms with Crippen LogP contribution in [0.25, 0.3) is 11.4 Å². The summed E-state index contributed by atoms with van der Waals surface area (Å²) in [7, 11) is -1.27. The molecule has 2 aliphatic heterocycles. The highest BCUT2D eigenvalue weighted by atomic mass is 32.2. The van der Waals surface area contributed by atoms with Crippen molar-refractivity contribution in [1.29, 1.82) is 0 Å². The Balaban J connectivity index is 1.49. The van der Waals surface area contributed by atoms with E-state index in [9.17, 15) is 13.6 Å². The number of benzene rings is 1. The maximum absolute atomic E-state index is 12.6. The summed E-state index contributed by atoms with van der Waals surface area (Å²) in [4.78, 5) is 25.9. The Morgan fingerprint density at radius 2 is 1.97 bits per heavy atom. The second-order valence-electron chi connectivity index (χ2n) is 8.33. The molecule has 3 atom stereocenters. The van der Waals surface area contributed by atoms with Gasteiger partial charge in [-0.3, -0.25) is 0 Å². The zero-order chi connectivity index (χ0) is 23.4. The Morgan fingerprint density at radius 1 is 1.24 bits per heavy atom. The van der Waals surface area contributed by atoms with Gasteiger partial charge in [0, 0.05) is 43.4 Å². The number of morpholine rings is 1. The molecular weight excluding hydrogens is 462 g/mol. The first-order chi connectivity index (χ1) is 15.9. The van der Waals surface area contributed by atoms with Gasteiger partial charge < -0.3 is 19.9 Å². The molecule has 2 aromatic rings. The van der Waals surface area contributed by atoms with Gasteiger partial charge in [-0.1, -0.05) is 0 Å². The zero-order valence-corrected chi connectivity index (χ0v) is 20.6. The number of nitrogens with one attached hydrogen (secondary N) is 1. The van der Waals surface area contributed by atoms with E-state index in [1.165, 1.54) is 0 Å². The van der Waals surface area contributed by atoms with Gasteiger partial charge in [-0.15, -0.1) is 4.21 Å². The number of rotatable bonds is 6. The molecule has 0 bridgehead atoms. The highest BCUT2D eigenvalue weighted by Gasteiger charge is 2.32. The summed E-state index contributed by atoms with van der Waals surface area (Å²) >= 11 is -0.766. The van der Waals surface area contributed by atoms with Crippen molar-refractivity contribution in [2.45, 2.75) is 17.4 Å². The van der Waals surface area contributed by atoms with Crippen LogP contribution in [0.2, 0.25) is 0 Å². The number of anilines is 2. The lowest BCUT2D eigenvalue weighted by Gasteiger charge is -2.28. The van der Waals surface area contributed by atoms with Gasteiger partial charge in [0.2, 0.25) is 0 Å². The van der Waals surface area contributed by atoms with Crippen LogP contribution < -0.4 is 10.2 Å². The van der Waals surface area contributed by atoms with Crippen LogP contribution in [0.1, 0.15) is 12.1 Å². The minimum atomic E-state index is -1.27. The number of likely N-dealkylation sites (tertiary alicyclic amines) is 1. The van der Waals surface area contributed by atoms with Crippen LogP contribution in [0.4, 0.5) is 16.3 Å². The first kappa shape index (κ1) is 23.9. The molecule has 3 unspecified atom stereocenters. The van der Waals surface area contributed by atoms with E-state index in [0.29, 0.717) is 43.6 Å². The number of aromatic nitrogens is 2. The smallest absolute Gasteiger partial charge is 0.322 e. The number of thiol groups is 1. The number of ether oxygens (including phenoxy) is 1. The van der Waals surface area contributed by atoms with E-state index in [2.05, 4.69) is 15.2 Å². The van der Waals surface area contributed by atoms with Crippen molar-refractivity contribution in [3.8, 4) is 11.4 Å². The Kier molecular flexibility index (Phi) is 7.84. The molecule has 2 aliphatic rings. The van der Waals surface area contributed by atoms with Crippen molar-refractivity contribution in [3.63, 3.8) is 0 Å². The normalized spacial score (nSPS) is 20.5. The van der Waals surface area contributed by atoms with Gasteiger partial charge in [-0.05, 0) is 24.3 Å². The Morgan fingerprint density at radius 3 is 2.61 bits per heavy atom. The number of hydrogen-bond donors (Lipinski definition) is 2. The maximum atomic E-state index is 12.6. The fraction of sp³-hybridized carbons (Fsp3) is 0.500. The standard InChI is InChI=1S/C22H29N5O4S2/c1-32(29)15-18-13-20(26-9-11-31-12-10-26)25-21(23-18)16-3-5-17(6-4-16)24-22(28)27-8-7-19(14-27)33(2)30/h3-6,13,19,29H,7-12,14-15H2,1-2H3/p+2. The minimum absolute atomic E-state index is 0.0838. The predicted molar refractivity (Wildman–Crippen MR) is 134 cm³/mol. The molecule has 0 saturated carbocycles. The molecule has 33 heavy (non-hydrogen) atoms. The van der Waals surface area contributed by atoms with Crippen LogP contribution in [0, 0.1) is 0 Å². The summed E-state index contributed by atoms with van der Waals surface area (Å²) < 4.78 is 27.1. The fourth-order valence-electron chi connectivity index (χ4n) is 3.98. The molecule has 11 heteroatoms. The summed E-state index contributed by atoms with van der Waals surface area (Å²) in [5, 5.41) is 3.00. The number of carbonyl (C=O) groups is 1. The Hall–Kier alpha value is -2.21. The van der Waals surface area contributed by atoms with Gasteiger partial charge in [-0.25, -0.2) is 14.8 Å². The summed E-state index contributed by atoms with van der Waals surface area (Å²) in [5.41, 5.74) is 2.32. The Bertz CT molecular complexity index is 999. The number of nitrogens with zero attached hydrogens (tertiary/aromatic N) is 4. The van der Waals surface area contributed by atoms with Crippen LogP contribution in [-0.2, 0) is 36.7 Å². The number of urea groups is 1. The highest BCUT2D eigenvalue weighted by Crippen LogP contribution is 2.24. The number of carbonyl (C=O) groups excluding carboxylic acids is 1. The van der Waals surface area contributed by atoms with Crippen molar-refractivity contribution >= 4 is 39.5 Å². The van der Waals surface area contributed by atoms with E-state index in [0.717, 1.165) is 36.6 Å². The van der Waals surface area contributed by atoms with Crippen LogP contribution >= 0.6 is 0 Å². The third kappa shape index (κ3) is 6.23. The second-order valence-corrected chi connectivity index (χ2v) is 11.6. The lowest BCUT2D eigenvalue weighted by atomic mass is 10.2.